The molecule has 13 heteroatoms. The zero-order valence-electron chi connectivity index (χ0n) is 15.8. The van der Waals surface area contributed by atoms with Gasteiger partial charge in [-0.15, -0.1) is 10.2 Å². The molecule has 0 saturated carbocycles. The van der Waals surface area contributed by atoms with Gasteiger partial charge in [-0.05, 0) is 18.6 Å². The van der Waals surface area contributed by atoms with E-state index in [1.165, 1.54) is 21.8 Å². The van der Waals surface area contributed by atoms with E-state index in [4.69, 9.17) is 0 Å². The molecule has 0 fully saturated rings. The van der Waals surface area contributed by atoms with Crippen LogP contribution in [0.5, 0.6) is 0 Å². The molecule has 9 nitrogen and oxygen atoms in total. The third-order valence-corrected chi connectivity index (χ3v) is 4.06. The topological polar surface area (TPSA) is 103 Å². The summed E-state index contributed by atoms with van der Waals surface area (Å²) in [5.41, 5.74) is -0.0692. The first kappa shape index (κ1) is 21.3. The lowest BCUT2D eigenvalue weighted by atomic mass is 10.2. The summed E-state index contributed by atoms with van der Waals surface area (Å²) in [6.45, 7) is 1.84. The van der Waals surface area contributed by atoms with Gasteiger partial charge in [0.15, 0.2) is 5.69 Å². The molecule has 3 aromatic heterocycles. The number of rotatable bonds is 8. The van der Waals surface area contributed by atoms with Crippen molar-refractivity contribution < 1.29 is 22.4 Å². The van der Waals surface area contributed by atoms with Crippen molar-refractivity contribution in [3.05, 3.63) is 53.4 Å². The minimum absolute atomic E-state index is 0.0750. The van der Waals surface area contributed by atoms with Gasteiger partial charge in [0, 0.05) is 38.1 Å². The fourth-order valence-electron chi connectivity index (χ4n) is 2.58. The molecule has 1 N–H and O–H groups in total. The Morgan fingerprint density at radius 1 is 1.17 bits per heavy atom. The standard InChI is InChI=1S/C17H18F4N8O/c1-11-8-28(26-24-11)3-2-14(18)9-29-10-15(25-27-29)16(30)23-6-12-4-13(7-22-5-12)17(19,20)21/h4-5,7-8,10,14H,2-3,6,9H2,1H3,(H,23,30). The molecule has 0 spiro atoms. The summed E-state index contributed by atoms with van der Waals surface area (Å²) in [5.74, 6) is -0.646. The lowest BCUT2D eigenvalue weighted by Crippen LogP contribution is -2.23. The van der Waals surface area contributed by atoms with Crippen molar-refractivity contribution in [3.8, 4) is 0 Å². The maximum absolute atomic E-state index is 14.1. The monoisotopic (exact) mass is 426 g/mol. The molecule has 0 bridgehead atoms. The quantitative estimate of drug-likeness (QED) is 0.553. The average Bonchev–Trinajstić information content (AvgIpc) is 3.33. The van der Waals surface area contributed by atoms with E-state index < -0.39 is 23.8 Å². The zero-order valence-corrected chi connectivity index (χ0v) is 15.8. The van der Waals surface area contributed by atoms with E-state index >= 15 is 0 Å². The number of nitrogens with one attached hydrogen (secondary N) is 1. The number of amides is 1. The van der Waals surface area contributed by atoms with E-state index in [0.29, 0.717) is 12.7 Å². The summed E-state index contributed by atoms with van der Waals surface area (Å²) in [5, 5.41) is 17.5. The lowest BCUT2D eigenvalue weighted by molar-refractivity contribution is -0.137. The van der Waals surface area contributed by atoms with Gasteiger partial charge in [-0.2, -0.15) is 13.2 Å². The molecule has 3 heterocycles. The van der Waals surface area contributed by atoms with Gasteiger partial charge >= 0.3 is 6.18 Å². The van der Waals surface area contributed by atoms with E-state index in [-0.39, 0.29) is 30.8 Å². The van der Waals surface area contributed by atoms with Crippen molar-refractivity contribution in [2.24, 2.45) is 0 Å². The van der Waals surface area contributed by atoms with Crippen LogP contribution in [0.1, 0.15) is 33.7 Å². The Hall–Kier alpha value is -3.38. The van der Waals surface area contributed by atoms with Gasteiger partial charge in [-0.3, -0.25) is 14.5 Å². The fourth-order valence-corrected chi connectivity index (χ4v) is 2.58. The second kappa shape index (κ2) is 8.97. The highest BCUT2D eigenvalue weighted by atomic mass is 19.4. The van der Waals surface area contributed by atoms with Crippen LogP contribution >= 0.6 is 0 Å². The molecular weight excluding hydrogens is 408 g/mol. The highest BCUT2D eigenvalue weighted by Crippen LogP contribution is 2.28. The van der Waals surface area contributed by atoms with Crippen molar-refractivity contribution in [2.45, 2.75) is 45.3 Å². The third kappa shape index (κ3) is 5.81. The number of pyridine rings is 1. The maximum atomic E-state index is 14.1. The van der Waals surface area contributed by atoms with E-state index in [1.54, 1.807) is 13.1 Å². The third-order valence-electron chi connectivity index (χ3n) is 4.06. The Balaban J connectivity index is 1.49. The van der Waals surface area contributed by atoms with Crippen molar-refractivity contribution in [3.63, 3.8) is 0 Å². The Kier molecular flexibility index (Phi) is 6.37. The average molecular weight is 426 g/mol. The molecule has 1 atom stereocenters. The SMILES string of the molecule is Cc1cn(CCC(F)Cn2cc(C(=O)NCc3cncc(C(F)(F)F)c3)nn2)nn1. The molecule has 0 aliphatic heterocycles. The van der Waals surface area contributed by atoms with Gasteiger partial charge in [-0.1, -0.05) is 10.4 Å². The van der Waals surface area contributed by atoms with Crippen LogP contribution in [0.4, 0.5) is 17.6 Å². The van der Waals surface area contributed by atoms with E-state index in [9.17, 15) is 22.4 Å². The van der Waals surface area contributed by atoms with E-state index in [2.05, 4.69) is 30.9 Å². The summed E-state index contributed by atoms with van der Waals surface area (Å²) in [7, 11) is 0. The molecular formula is C17H18F4N8O. The summed E-state index contributed by atoms with van der Waals surface area (Å²) in [4.78, 5) is 15.7. The van der Waals surface area contributed by atoms with Crippen LogP contribution < -0.4 is 5.32 Å². The van der Waals surface area contributed by atoms with Gasteiger partial charge in [-0.25, -0.2) is 9.07 Å². The summed E-state index contributed by atoms with van der Waals surface area (Å²) in [6.07, 6.45) is -0.706. The van der Waals surface area contributed by atoms with Gasteiger partial charge in [0.05, 0.1) is 24.0 Å². The number of aryl methyl sites for hydroxylation is 2. The molecule has 3 rings (SSSR count). The van der Waals surface area contributed by atoms with Crippen molar-refractivity contribution in [1.82, 2.24) is 40.3 Å². The minimum atomic E-state index is -4.52. The molecule has 0 radical (unpaired) electrons. The Bertz CT molecular complexity index is 1000. The van der Waals surface area contributed by atoms with Crippen LogP contribution in [0.25, 0.3) is 0 Å². The van der Waals surface area contributed by atoms with E-state index in [0.717, 1.165) is 11.8 Å². The number of nitrogens with zero attached hydrogens (tertiary/aromatic N) is 7. The largest absolute Gasteiger partial charge is 0.417 e. The maximum Gasteiger partial charge on any atom is 0.417 e. The van der Waals surface area contributed by atoms with Crippen molar-refractivity contribution >= 4 is 5.91 Å². The summed E-state index contributed by atoms with van der Waals surface area (Å²) >= 11 is 0. The predicted octanol–water partition coefficient (Wildman–Crippen LogP) is 1.95. The van der Waals surface area contributed by atoms with Crippen LogP contribution in [0, 0.1) is 6.92 Å². The number of hydrogen-bond acceptors (Lipinski definition) is 6. The molecule has 1 amide bonds. The van der Waals surface area contributed by atoms with Crippen LogP contribution in [0.15, 0.2) is 30.9 Å². The predicted molar refractivity (Wildman–Crippen MR) is 94.7 cm³/mol. The Morgan fingerprint density at radius 3 is 2.63 bits per heavy atom. The molecule has 0 saturated heterocycles. The number of carbonyl (C=O) groups excluding carboxylic acids is 1. The number of hydrogen-bond donors (Lipinski definition) is 1. The minimum Gasteiger partial charge on any atom is -0.346 e. The molecule has 1 unspecified atom stereocenters. The molecule has 0 aliphatic carbocycles. The Labute approximate surface area is 168 Å². The molecule has 0 aliphatic rings. The lowest BCUT2D eigenvalue weighted by Gasteiger charge is -2.08. The number of alkyl halides is 4. The Morgan fingerprint density at radius 2 is 1.93 bits per heavy atom. The van der Waals surface area contributed by atoms with Crippen LogP contribution in [-0.2, 0) is 25.8 Å². The summed E-state index contributed by atoms with van der Waals surface area (Å²) < 4.78 is 55.0. The van der Waals surface area contributed by atoms with Crippen molar-refractivity contribution in [1.29, 1.82) is 0 Å². The molecule has 160 valence electrons. The van der Waals surface area contributed by atoms with Gasteiger partial charge < -0.3 is 5.32 Å². The fraction of sp³-hybridized carbons (Fsp3) is 0.412. The van der Waals surface area contributed by atoms with E-state index in [1.807, 2.05) is 0 Å². The molecule has 0 aromatic carbocycles. The molecule has 3 aromatic rings. The van der Waals surface area contributed by atoms with Crippen molar-refractivity contribution in [2.75, 3.05) is 0 Å². The first-order valence-electron chi connectivity index (χ1n) is 8.91. The van der Waals surface area contributed by atoms with Gasteiger partial charge in [0.25, 0.3) is 5.91 Å². The second-order valence-electron chi connectivity index (χ2n) is 6.60. The zero-order chi connectivity index (χ0) is 21.7. The number of halogens is 4. The first-order valence-corrected chi connectivity index (χ1v) is 8.91. The van der Waals surface area contributed by atoms with Crippen LogP contribution in [-0.4, -0.2) is 47.1 Å². The normalized spacial score (nSPS) is 12.7. The van der Waals surface area contributed by atoms with Crippen LogP contribution in [0.3, 0.4) is 0 Å². The van der Waals surface area contributed by atoms with Gasteiger partial charge in [0.1, 0.15) is 6.17 Å². The van der Waals surface area contributed by atoms with Crippen LogP contribution in [0.2, 0.25) is 0 Å². The number of aromatic nitrogens is 7. The second-order valence-corrected chi connectivity index (χ2v) is 6.60. The molecule has 30 heavy (non-hydrogen) atoms. The smallest absolute Gasteiger partial charge is 0.346 e. The van der Waals surface area contributed by atoms with Gasteiger partial charge in [0.2, 0.25) is 0 Å². The highest BCUT2D eigenvalue weighted by molar-refractivity contribution is 5.91. The highest BCUT2D eigenvalue weighted by Gasteiger charge is 2.31. The number of carbonyl (C=O) groups is 1. The summed E-state index contributed by atoms with van der Waals surface area (Å²) in [6, 6.07) is 0.897. The first-order chi connectivity index (χ1) is 14.2.